The molecule has 0 fully saturated rings. The molecule has 2 N–H and O–H groups in total. The van der Waals surface area contributed by atoms with Gasteiger partial charge in [-0.3, -0.25) is 4.79 Å². The summed E-state index contributed by atoms with van der Waals surface area (Å²) in [6, 6.07) is 22.6. The number of para-hydroxylation sites is 1. The minimum absolute atomic E-state index is 0.195. The van der Waals surface area contributed by atoms with Crippen LogP contribution >= 0.6 is 66.7 Å². The van der Waals surface area contributed by atoms with Crippen LogP contribution in [-0.4, -0.2) is 23.1 Å². The zero-order chi connectivity index (χ0) is 28.4. The number of carbonyl (C=O) groups excluding carboxylic acids is 2. The van der Waals surface area contributed by atoms with Crippen molar-refractivity contribution in [1.82, 2.24) is 10.4 Å². The van der Waals surface area contributed by atoms with Crippen LogP contribution < -0.4 is 10.2 Å². The first-order valence-electron chi connectivity index (χ1n) is 11.6. The molecule has 0 unspecified atom stereocenters. The quantitative estimate of drug-likeness (QED) is 0.0794. The zero-order valence-electron chi connectivity index (χ0n) is 20.1. The number of hydrogen-bond donors (Lipinski definition) is 2. The third kappa shape index (κ3) is 5.82. The lowest BCUT2D eigenvalue weighted by atomic mass is 10.0. The molecule has 0 aliphatic heterocycles. The van der Waals surface area contributed by atoms with Gasteiger partial charge < -0.3 is 9.72 Å². The van der Waals surface area contributed by atoms with Gasteiger partial charge >= 0.3 is 5.97 Å². The molecule has 6 nitrogen and oxygen atoms in total. The fraction of sp³-hybridized carbons (Fsp3) is 0. The van der Waals surface area contributed by atoms with E-state index >= 15 is 0 Å². The molecule has 1 aromatic heterocycles. The molecule has 0 atom stereocenters. The molecule has 4 aromatic carbocycles. The molecule has 0 aliphatic rings. The highest BCUT2D eigenvalue weighted by Crippen LogP contribution is 2.39. The number of hydrazone groups is 1. The minimum Gasteiger partial charge on any atom is -0.421 e. The summed E-state index contributed by atoms with van der Waals surface area (Å²) in [6.45, 7) is 0. The van der Waals surface area contributed by atoms with E-state index in [-0.39, 0.29) is 22.0 Å². The molecule has 0 saturated carbocycles. The van der Waals surface area contributed by atoms with Crippen LogP contribution in [0.4, 0.5) is 0 Å². The molecule has 0 saturated heterocycles. The summed E-state index contributed by atoms with van der Waals surface area (Å²) < 4.78 is 6.83. The molecule has 200 valence electrons. The van der Waals surface area contributed by atoms with E-state index in [1.165, 1.54) is 6.21 Å². The van der Waals surface area contributed by atoms with Crippen molar-refractivity contribution in [1.29, 1.82) is 0 Å². The number of fused-ring (bicyclic) bond motifs is 1. The van der Waals surface area contributed by atoms with E-state index in [9.17, 15) is 9.59 Å². The summed E-state index contributed by atoms with van der Waals surface area (Å²) in [4.78, 5) is 29.3. The van der Waals surface area contributed by atoms with Crippen LogP contribution in [0.1, 0.15) is 26.4 Å². The Bertz CT molecular complexity index is 1820. The highest BCUT2D eigenvalue weighted by molar-refractivity contribution is 9.11. The van der Waals surface area contributed by atoms with Gasteiger partial charge in [-0.25, -0.2) is 10.2 Å². The fourth-order valence-electron chi connectivity index (χ4n) is 4.07. The van der Waals surface area contributed by atoms with Crippen molar-refractivity contribution in [2.24, 2.45) is 5.10 Å². The first-order valence-corrected chi connectivity index (χ1v) is 14.3. The van der Waals surface area contributed by atoms with Gasteiger partial charge in [-0.05, 0) is 52.3 Å². The second kappa shape index (κ2) is 12.2. The molecule has 0 bridgehead atoms. The maximum atomic E-state index is 13.4. The number of ether oxygens (including phenoxy) is 1. The average molecular weight is 721 g/mol. The second-order valence-electron chi connectivity index (χ2n) is 8.39. The van der Waals surface area contributed by atoms with E-state index in [0.717, 1.165) is 5.39 Å². The number of halogens is 5. The number of aromatic nitrogens is 1. The first-order chi connectivity index (χ1) is 19.2. The molecule has 0 radical (unpaired) electrons. The number of benzene rings is 4. The standard InChI is InChI=1S/C29H16Br2Cl3N3O3/c30-16-12-15(27(20(31)13-16)40-29(39)18-7-2-4-10-22(18)33)14-35-37-28(38)26-24(17-6-1-3-9-21(17)32)19-8-5-11-23(34)25(19)36-26/h1-14,36H,(H,37,38). The van der Waals surface area contributed by atoms with Crippen LogP contribution in [-0.2, 0) is 0 Å². The molecule has 1 amide bonds. The summed E-state index contributed by atoms with van der Waals surface area (Å²) in [7, 11) is 0. The number of carbonyl (C=O) groups is 2. The number of rotatable bonds is 6. The first kappa shape index (κ1) is 28.4. The Morgan fingerprint density at radius 3 is 2.33 bits per heavy atom. The largest absolute Gasteiger partial charge is 0.421 e. The smallest absolute Gasteiger partial charge is 0.345 e. The molecule has 0 aliphatic carbocycles. The zero-order valence-corrected chi connectivity index (χ0v) is 25.6. The van der Waals surface area contributed by atoms with Crippen LogP contribution in [0.5, 0.6) is 5.75 Å². The third-order valence-electron chi connectivity index (χ3n) is 5.85. The maximum absolute atomic E-state index is 13.4. The lowest BCUT2D eigenvalue weighted by molar-refractivity contribution is 0.0733. The molecule has 5 aromatic rings. The van der Waals surface area contributed by atoms with Crippen LogP contribution in [0.25, 0.3) is 22.0 Å². The lowest BCUT2D eigenvalue weighted by Gasteiger charge is -2.11. The van der Waals surface area contributed by atoms with Gasteiger partial charge in [-0.15, -0.1) is 0 Å². The average Bonchev–Trinajstić information content (AvgIpc) is 3.32. The van der Waals surface area contributed by atoms with Gasteiger partial charge in [-0.1, -0.05) is 93.2 Å². The van der Waals surface area contributed by atoms with Crippen LogP contribution in [0, 0.1) is 0 Å². The van der Waals surface area contributed by atoms with E-state index in [1.807, 2.05) is 24.3 Å². The number of esters is 1. The number of H-pyrrole nitrogens is 1. The summed E-state index contributed by atoms with van der Waals surface area (Å²) >= 11 is 25.9. The third-order valence-corrected chi connectivity index (χ3v) is 7.87. The van der Waals surface area contributed by atoms with Crippen molar-refractivity contribution in [3.63, 3.8) is 0 Å². The van der Waals surface area contributed by atoms with Gasteiger partial charge in [0.05, 0.1) is 31.8 Å². The Balaban J connectivity index is 1.47. The van der Waals surface area contributed by atoms with Gasteiger partial charge in [0.15, 0.2) is 5.75 Å². The van der Waals surface area contributed by atoms with E-state index in [0.29, 0.717) is 41.2 Å². The van der Waals surface area contributed by atoms with Gasteiger partial charge in [0.25, 0.3) is 5.91 Å². The number of nitrogens with zero attached hydrogens (tertiary/aromatic N) is 1. The van der Waals surface area contributed by atoms with Gasteiger partial charge in [0.2, 0.25) is 0 Å². The number of aromatic amines is 1. The Kier molecular flexibility index (Phi) is 8.63. The number of hydrogen-bond acceptors (Lipinski definition) is 4. The topological polar surface area (TPSA) is 83.5 Å². The second-order valence-corrected chi connectivity index (χ2v) is 11.4. The molecular weight excluding hydrogens is 705 g/mol. The predicted molar refractivity (Wildman–Crippen MR) is 167 cm³/mol. The number of nitrogens with one attached hydrogen (secondary N) is 2. The minimum atomic E-state index is -0.647. The summed E-state index contributed by atoms with van der Waals surface area (Å²) in [5, 5.41) is 6.07. The highest BCUT2D eigenvalue weighted by atomic mass is 79.9. The Morgan fingerprint density at radius 1 is 0.875 bits per heavy atom. The SMILES string of the molecule is O=C(Oc1c(Br)cc(Br)cc1C=NNC(=O)c1[nH]c2c(Cl)cccc2c1-c1ccccc1Cl)c1ccccc1Cl. The van der Waals surface area contributed by atoms with Crippen molar-refractivity contribution < 1.29 is 14.3 Å². The number of amides is 1. The van der Waals surface area contributed by atoms with Crippen molar-refractivity contribution in [2.45, 2.75) is 0 Å². The monoisotopic (exact) mass is 717 g/mol. The van der Waals surface area contributed by atoms with Crippen molar-refractivity contribution in [3.05, 3.63) is 120 Å². The maximum Gasteiger partial charge on any atom is 0.345 e. The summed E-state index contributed by atoms with van der Waals surface area (Å²) in [6.07, 6.45) is 1.37. The molecule has 11 heteroatoms. The molecule has 1 heterocycles. The molecule has 40 heavy (non-hydrogen) atoms. The van der Waals surface area contributed by atoms with E-state index in [4.69, 9.17) is 39.5 Å². The Labute approximate surface area is 260 Å². The van der Waals surface area contributed by atoms with Crippen molar-refractivity contribution in [2.75, 3.05) is 0 Å². The Hall–Kier alpha value is -3.14. The summed E-state index contributed by atoms with van der Waals surface area (Å²) in [5.41, 5.74) is 5.24. The van der Waals surface area contributed by atoms with E-state index < -0.39 is 11.9 Å². The predicted octanol–water partition coefficient (Wildman–Crippen LogP) is 9.30. The van der Waals surface area contributed by atoms with Gasteiger partial charge in [0, 0.05) is 31.6 Å². The van der Waals surface area contributed by atoms with Gasteiger partial charge in [-0.2, -0.15) is 5.10 Å². The van der Waals surface area contributed by atoms with Crippen LogP contribution in [0.2, 0.25) is 15.1 Å². The van der Waals surface area contributed by atoms with Crippen LogP contribution in [0.3, 0.4) is 0 Å². The molecule has 0 spiro atoms. The molecule has 5 rings (SSSR count). The normalized spacial score (nSPS) is 11.2. The molecular formula is C29H16Br2Cl3N3O3. The fourth-order valence-corrected chi connectivity index (χ4v) is 6.07. The van der Waals surface area contributed by atoms with Crippen molar-refractivity contribution in [3.8, 4) is 16.9 Å². The highest BCUT2D eigenvalue weighted by Gasteiger charge is 2.22. The van der Waals surface area contributed by atoms with Gasteiger partial charge in [0.1, 0.15) is 5.69 Å². The van der Waals surface area contributed by atoms with Crippen molar-refractivity contribution >= 4 is 95.7 Å². The van der Waals surface area contributed by atoms with E-state index in [2.05, 4.69) is 47.4 Å². The Morgan fingerprint density at radius 2 is 1.57 bits per heavy atom. The lowest BCUT2D eigenvalue weighted by Crippen LogP contribution is -2.19. The van der Waals surface area contributed by atoms with Crippen LogP contribution in [0.15, 0.2) is 92.9 Å². The summed E-state index contributed by atoms with van der Waals surface area (Å²) in [5.74, 6) is -0.978. The van der Waals surface area contributed by atoms with E-state index in [1.54, 1.807) is 54.6 Å².